The van der Waals surface area contributed by atoms with Crippen LogP contribution in [0.4, 0.5) is 16.2 Å². The van der Waals surface area contributed by atoms with E-state index in [1.165, 1.54) is 12.8 Å². The molecule has 0 spiro atoms. The molecule has 2 aliphatic rings. The molecule has 0 aromatic heterocycles. The molecule has 2 saturated heterocycles. The van der Waals surface area contributed by atoms with Gasteiger partial charge in [0.05, 0.1) is 17.3 Å². The van der Waals surface area contributed by atoms with Gasteiger partial charge in [-0.1, -0.05) is 12.1 Å². The van der Waals surface area contributed by atoms with Crippen LogP contribution in [0.1, 0.15) is 25.7 Å². The van der Waals surface area contributed by atoms with Crippen LogP contribution in [0, 0.1) is 5.92 Å². The van der Waals surface area contributed by atoms with Crippen molar-refractivity contribution in [2.24, 2.45) is 5.92 Å². The van der Waals surface area contributed by atoms with Gasteiger partial charge in [0.25, 0.3) is 0 Å². The number of carboxylic acid groups (broad SMARTS) is 1. The van der Waals surface area contributed by atoms with Crippen LogP contribution >= 0.6 is 0 Å². The van der Waals surface area contributed by atoms with Gasteiger partial charge in [-0.25, -0.2) is 4.79 Å². The molecule has 2 aliphatic heterocycles. The minimum atomic E-state index is -0.760. The van der Waals surface area contributed by atoms with E-state index in [4.69, 9.17) is 5.11 Å². The van der Waals surface area contributed by atoms with E-state index in [0.29, 0.717) is 25.9 Å². The fraction of sp³-hybridized carbons (Fsp3) is 0.529. The molecule has 2 amide bonds. The van der Waals surface area contributed by atoms with Gasteiger partial charge >= 0.3 is 12.0 Å². The fourth-order valence-electron chi connectivity index (χ4n) is 3.34. The Kier molecular flexibility index (Phi) is 4.69. The number of hydrogen-bond acceptors (Lipinski definition) is 3. The average molecular weight is 317 g/mol. The third kappa shape index (κ3) is 3.57. The molecule has 0 bridgehead atoms. The van der Waals surface area contributed by atoms with Crippen molar-refractivity contribution in [3.8, 4) is 0 Å². The first-order valence-corrected chi connectivity index (χ1v) is 8.28. The highest BCUT2D eigenvalue weighted by atomic mass is 16.4. The Morgan fingerprint density at radius 2 is 1.70 bits per heavy atom. The van der Waals surface area contributed by atoms with Gasteiger partial charge in [-0.05, 0) is 37.8 Å². The number of rotatable bonds is 3. The van der Waals surface area contributed by atoms with Crippen molar-refractivity contribution in [1.29, 1.82) is 0 Å². The van der Waals surface area contributed by atoms with Crippen LogP contribution in [0.2, 0.25) is 0 Å². The van der Waals surface area contributed by atoms with E-state index >= 15 is 0 Å². The number of carboxylic acids is 1. The third-order valence-electron chi connectivity index (χ3n) is 4.72. The van der Waals surface area contributed by atoms with Gasteiger partial charge in [0.1, 0.15) is 0 Å². The summed E-state index contributed by atoms with van der Waals surface area (Å²) in [7, 11) is 0. The van der Waals surface area contributed by atoms with Crippen molar-refractivity contribution in [2.75, 3.05) is 36.4 Å². The summed E-state index contributed by atoms with van der Waals surface area (Å²) in [6.45, 7) is 3.04. The predicted molar refractivity (Wildman–Crippen MR) is 88.8 cm³/mol. The summed E-state index contributed by atoms with van der Waals surface area (Å²) in [6, 6.07) is 7.74. The van der Waals surface area contributed by atoms with Crippen molar-refractivity contribution in [3.05, 3.63) is 24.3 Å². The molecule has 2 heterocycles. The van der Waals surface area contributed by atoms with E-state index in [1.54, 1.807) is 4.90 Å². The van der Waals surface area contributed by atoms with Gasteiger partial charge in [-0.2, -0.15) is 0 Å². The van der Waals surface area contributed by atoms with Crippen molar-refractivity contribution in [1.82, 2.24) is 4.90 Å². The number of urea groups is 1. The molecule has 124 valence electrons. The molecule has 0 radical (unpaired) electrons. The number of aliphatic carboxylic acids is 1. The first-order chi connectivity index (χ1) is 11.1. The smallest absolute Gasteiger partial charge is 0.321 e. The van der Waals surface area contributed by atoms with Crippen molar-refractivity contribution >= 4 is 23.4 Å². The molecule has 3 rings (SSSR count). The Labute approximate surface area is 136 Å². The lowest BCUT2D eigenvalue weighted by molar-refractivity contribution is -0.143. The second kappa shape index (κ2) is 6.89. The number of piperidine rings is 1. The molecule has 1 aromatic carbocycles. The summed E-state index contributed by atoms with van der Waals surface area (Å²) in [5, 5.41) is 12.0. The van der Waals surface area contributed by atoms with E-state index < -0.39 is 5.97 Å². The highest BCUT2D eigenvalue weighted by molar-refractivity contribution is 5.93. The predicted octanol–water partition coefficient (Wildman–Crippen LogP) is 2.62. The number of carbonyl (C=O) groups excluding carboxylic acids is 1. The topological polar surface area (TPSA) is 72.9 Å². The van der Waals surface area contributed by atoms with Gasteiger partial charge < -0.3 is 20.2 Å². The van der Waals surface area contributed by atoms with Crippen LogP contribution in [-0.2, 0) is 4.79 Å². The van der Waals surface area contributed by atoms with Crippen molar-refractivity contribution < 1.29 is 14.7 Å². The lowest BCUT2D eigenvalue weighted by atomic mass is 9.97. The largest absolute Gasteiger partial charge is 0.481 e. The maximum Gasteiger partial charge on any atom is 0.321 e. The van der Waals surface area contributed by atoms with Crippen LogP contribution in [-0.4, -0.2) is 48.2 Å². The SMILES string of the molecule is O=C(O)C1CCN(C(=O)Nc2ccccc2N2CCCC2)CC1. The van der Waals surface area contributed by atoms with Crippen LogP contribution in [0.15, 0.2) is 24.3 Å². The minimum Gasteiger partial charge on any atom is -0.481 e. The summed E-state index contributed by atoms with van der Waals surface area (Å²) in [5.41, 5.74) is 1.90. The Morgan fingerprint density at radius 3 is 2.35 bits per heavy atom. The number of nitrogens with zero attached hydrogens (tertiary/aromatic N) is 2. The quantitative estimate of drug-likeness (QED) is 0.899. The molecule has 2 N–H and O–H groups in total. The van der Waals surface area contributed by atoms with Crippen LogP contribution in [0.3, 0.4) is 0 Å². The lowest BCUT2D eigenvalue weighted by Gasteiger charge is -2.31. The minimum absolute atomic E-state index is 0.138. The van der Waals surface area contributed by atoms with Gasteiger partial charge in [-0.3, -0.25) is 4.79 Å². The molecule has 1 aromatic rings. The number of anilines is 2. The van der Waals surface area contributed by atoms with Crippen LogP contribution in [0.25, 0.3) is 0 Å². The Hall–Kier alpha value is -2.24. The summed E-state index contributed by atoms with van der Waals surface area (Å²) < 4.78 is 0. The first-order valence-electron chi connectivity index (χ1n) is 8.28. The number of likely N-dealkylation sites (tertiary alicyclic amines) is 1. The molecule has 6 heteroatoms. The Balaban J connectivity index is 1.63. The van der Waals surface area contributed by atoms with E-state index in [9.17, 15) is 9.59 Å². The highest BCUT2D eigenvalue weighted by Crippen LogP contribution is 2.29. The molecule has 0 atom stereocenters. The highest BCUT2D eigenvalue weighted by Gasteiger charge is 2.27. The zero-order valence-corrected chi connectivity index (χ0v) is 13.2. The molecular weight excluding hydrogens is 294 g/mol. The molecular formula is C17H23N3O3. The molecule has 6 nitrogen and oxygen atoms in total. The summed E-state index contributed by atoms with van der Waals surface area (Å²) in [6.07, 6.45) is 3.42. The number of nitrogens with one attached hydrogen (secondary N) is 1. The number of hydrogen-bond donors (Lipinski definition) is 2. The van der Waals surface area contributed by atoms with Gasteiger partial charge in [0.2, 0.25) is 0 Å². The zero-order valence-electron chi connectivity index (χ0n) is 13.2. The lowest BCUT2D eigenvalue weighted by Crippen LogP contribution is -2.42. The van der Waals surface area contributed by atoms with Crippen LogP contribution in [0.5, 0.6) is 0 Å². The second-order valence-electron chi connectivity index (χ2n) is 6.24. The number of para-hydroxylation sites is 2. The molecule has 2 fully saturated rings. The molecule has 0 saturated carbocycles. The van der Waals surface area contributed by atoms with Crippen molar-refractivity contribution in [2.45, 2.75) is 25.7 Å². The zero-order chi connectivity index (χ0) is 16.2. The normalized spacial score (nSPS) is 19.0. The number of benzene rings is 1. The summed E-state index contributed by atoms with van der Waals surface area (Å²) >= 11 is 0. The second-order valence-corrected chi connectivity index (χ2v) is 6.24. The monoisotopic (exact) mass is 317 g/mol. The van der Waals surface area contributed by atoms with Crippen molar-refractivity contribution in [3.63, 3.8) is 0 Å². The maximum atomic E-state index is 12.5. The van der Waals surface area contributed by atoms with E-state index in [-0.39, 0.29) is 11.9 Å². The van der Waals surface area contributed by atoms with E-state index in [1.807, 2.05) is 24.3 Å². The standard InChI is InChI=1S/C17H23N3O3/c21-16(22)13-7-11-20(12-8-13)17(23)18-14-5-1-2-6-15(14)19-9-3-4-10-19/h1-2,5-6,13H,3-4,7-12H2,(H,18,23)(H,21,22). The number of carbonyl (C=O) groups is 2. The van der Waals surface area contributed by atoms with Gasteiger partial charge in [0.15, 0.2) is 0 Å². The van der Waals surface area contributed by atoms with E-state index in [2.05, 4.69) is 10.2 Å². The fourth-order valence-corrected chi connectivity index (χ4v) is 3.34. The summed E-state index contributed by atoms with van der Waals surface area (Å²) in [5.74, 6) is -1.08. The Morgan fingerprint density at radius 1 is 1.04 bits per heavy atom. The Bertz CT molecular complexity index is 576. The average Bonchev–Trinajstić information content (AvgIpc) is 3.09. The third-order valence-corrected chi connectivity index (χ3v) is 4.72. The van der Waals surface area contributed by atoms with E-state index in [0.717, 1.165) is 24.5 Å². The van der Waals surface area contributed by atoms with Gasteiger partial charge in [-0.15, -0.1) is 0 Å². The summed E-state index contributed by atoms with van der Waals surface area (Å²) in [4.78, 5) is 27.5. The van der Waals surface area contributed by atoms with Gasteiger partial charge in [0, 0.05) is 26.2 Å². The molecule has 0 unspecified atom stereocenters. The molecule has 0 aliphatic carbocycles. The first kappa shape index (κ1) is 15.6. The number of amides is 2. The molecule has 23 heavy (non-hydrogen) atoms. The maximum absolute atomic E-state index is 12.5. The van der Waals surface area contributed by atoms with Crippen LogP contribution < -0.4 is 10.2 Å².